The molecular weight excluding hydrogens is 266 g/mol. The molecule has 0 saturated carbocycles. The van der Waals surface area contributed by atoms with Gasteiger partial charge in [-0.3, -0.25) is 4.90 Å². The van der Waals surface area contributed by atoms with Gasteiger partial charge in [0.25, 0.3) is 0 Å². The van der Waals surface area contributed by atoms with Crippen molar-refractivity contribution in [3.8, 4) is 5.75 Å². The highest BCUT2D eigenvalue weighted by atomic mass is 79.9. The Labute approximate surface area is 106 Å². The normalized spacial score (nSPS) is 21.3. The molecule has 1 aromatic carbocycles. The van der Waals surface area contributed by atoms with Gasteiger partial charge in [0.15, 0.2) is 0 Å². The number of hydrogen-bond acceptors (Lipinski definition) is 2. The predicted molar refractivity (Wildman–Crippen MR) is 69.8 cm³/mol. The van der Waals surface area contributed by atoms with E-state index in [-0.39, 0.29) is 0 Å². The molecule has 1 aliphatic heterocycles. The van der Waals surface area contributed by atoms with E-state index in [1.165, 1.54) is 24.9 Å². The Hall–Kier alpha value is -0.540. The van der Waals surface area contributed by atoms with Crippen molar-refractivity contribution in [1.82, 2.24) is 4.90 Å². The number of nitrogens with zero attached hydrogens (tertiary/aromatic N) is 1. The van der Waals surface area contributed by atoms with E-state index < -0.39 is 0 Å². The molecule has 0 unspecified atom stereocenters. The fourth-order valence-electron chi connectivity index (χ4n) is 2.32. The Morgan fingerprint density at radius 3 is 2.94 bits per heavy atom. The maximum Gasteiger partial charge on any atom is 0.123 e. The Bertz CT molecular complexity index is 367. The second-order valence-corrected chi connectivity index (χ2v) is 5.33. The molecule has 0 aliphatic carbocycles. The molecule has 0 bridgehead atoms. The number of hydrogen-bond donors (Lipinski definition) is 0. The Balaban J connectivity index is 2.16. The molecule has 1 fully saturated rings. The minimum absolute atomic E-state index is 0.698. The van der Waals surface area contributed by atoms with E-state index in [1.807, 2.05) is 12.1 Å². The van der Waals surface area contributed by atoms with Crippen LogP contribution in [-0.4, -0.2) is 24.6 Å². The van der Waals surface area contributed by atoms with E-state index in [1.54, 1.807) is 7.11 Å². The number of benzene rings is 1. The summed E-state index contributed by atoms with van der Waals surface area (Å²) in [4.78, 5) is 2.52. The molecule has 3 heteroatoms. The van der Waals surface area contributed by atoms with Crippen molar-refractivity contribution in [2.24, 2.45) is 0 Å². The van der Waals surface area contributed by atoms with Crippen molar-refractivity contribution in [3.63, 3.8) is 0 Å². The van der Waals surface area contributed by atoms with E-state index in [9.17, 15) is 0 Å². The molecule has 1 aromatic rings. The lowest BCUT2D eigenvalue weighted by Crippen LogP contribution is -2.26. The summed E-state index contributed by atoms with van der Waals surface area (Å²) in [5.74, 6) is 0.988. The first-order valence-corrected chi connectivity index (χ1v) is 6.56. The quantitative estimate of drug-likeness (QED) is 0.843. The largest absolute Gasteiger partial charge is 0.496 e. The van der Waals surface area contributed by atoms with Crippen molar-refractivity contribution in [3.05, 3.63) is 28.2 Å². The summed E-state index contributed by atoms with van der Waals surface area (Å²) >= 11 is 3.52. The molecule has 88 valence electrons. The van der Waals surface area contributed by atoms with Gasteiger partial charge in [0, 0.05) is 22.6 Å². The van der Waals surface area contributed by atoms with E-state index in [2.05, 4.69) is 33.8 Å². The predicted octanol–water partition coefficient (Wildman–Crippen LogP) is 3.44. The minimum atomic E-state index is 0.698. The second-order valence-electron chi connectivity index (χ2n) is 4.42. The summed E-state index contributed by atoms with van der Waals surface area (Å²) < 4.78 is 6.52. The van der Waals surface area contributed by atoms with Gasteiger partial charge in [0.1, 0.15) is 5.75 Å². The van der Waals surface area contributed by atoms with Gasteiger partial charge in [0.05, 0.1) is 7.11 Å². The summed E-state index contributed by atoms with van der Waals surface area (Å²) in [6.07, 6.45) is 2.63. The number of likely N-dealkylation sites (tertiary alicyclic amines) is 1. The van der Waals surface area contributed by atoms with Crippen LogP contribution in [0.2, 0.25) is 0 Å². The zero-order valence-corrected chi connectivity index (χ0v) is 11.5. The third-order valence-corrected chi connectivity index (χ3v) is 3.80. The summed E-state index contributed by atoms with van der Waals surface area (Å²) in [7, 11) is 1.74. The summed E-state index contributed by atoms with van der Waals surface area (Å²) in [6, 6.07) is 6.91. The van der Waals surface area contributed by atoms with Crippen LogP contribution < -0.4 is 4.74 Å². The van der Waals surface area contributed by atoms with Gasteiger partial charge < -0.3 is 4.74 Å². The Morgan fingerprint density at radius 1 is 1.50 bits per heavy atom. The van der Waals surface area contributed by atoms with Crippen LogP contribution in [0.1, 0.15) is 25.3 Å². The lowest BCUT2D eigenvalue weighted by Gasteiger charge is -2.22. The standard InChI is InChI=1S/C13H18BrNO/c1-10-4-3-7-15(10)9-11-8-12(14)5-6-13(11)16-2/h5-6,8,10H,3-4,7,9H2,1-2H3/t10-/m0/s1. The van der Waals surface area contributed by atoms with Crippen molar-refractivity contribution in [1.29, 1.82) is 0 Å². The van der Waals surface area contributed by atoms with Gasteiger partial charge in [-0.05, 0) is 44.5 Å². The number of ether oxygens (including phenoxy) is 1. The van der Waals surface area contributed by atoms with Crippen LogP contribution in [0.3, 0.4) is 0 Å². The number of halogens is 1. The number of methoxy groups -OCH3 is 1. The van der Waals surface area contributed by atoms with E-state index >= 15 is 0 Å². The van der Waals surface area contributed by atoms with E-state index in [0.717, 1.165) is 16.8 Å². The average molecular weight is 284 g/mol. The van der Waals surface area contributed by atoms with Crippen LogP contribution in [0, 0.1) is 0 Å². The molecule has 16 heavy (non-hydrogen) atoms. The maximum absolute atomic E-state index is 5.40. The third-order valence-electron chi connectivity index (χ3n) is 3.31. The lowest BCUT2D eigenvalue weighted by molar-refractivity contribution is 0.256. The zero-order valence-electron chi connectivity index (χ0n) is 9.87. The molecule has 2 nitrogen and oxygen atoms in total. The van der Waals surface area contributed by atoms with Gasteiger partial charge in [0.2, 0.25) is 0 Å². The first-order valence-electron chi connectivity index (χ1n) is 5.77. The van der Waals surface area contributed by atoms with E-state index in [4.69, 9.17) is 4.74 Å². The van der Waals surface area contributed by atoms with Crippen molar-refractivity contribution < 1.29 is 4.74 Å². The fraction of sp³-hybridized carbons (Fsp3) is 0.538. The Morgan fingerprint density at radius 2 is 2.31 bits per heavy atom. The van der Waals surface area contributed by atoms with E-state index in [0.29, 0.717) is 6.04 Å². The summed E-state index contributed by atoms with van der Waals surface area (Å²) in [5.41, 5.74) is 1.27. The first kappa shape index (κ1) is 11.9. The van der Waals surface area contributed by atoms with Gasteiger partial charge in [-0.1, -0.05) is 15.9 Å². The lowest BCUT2D eigenvalue weighted by atomic mass is 10.1. The maximum atomic E-state index is 5.40. The highest BCUT2D eigenvalue weighted by Gasteiger charge is 2.21. The summed E-state index contributed by atoms with van der Waals surface area (Å²) in [6.45, 7) is 4.50. The minimum Gasteiger partial charge on any atom is -0.496 e. The highest BCUT2D eigenvalue weighted by molar-refractivity contribution is 9.10. The first-order chi connectivity index (χ1) is 7.70. The molecule has 1 aliphatic rings. The van der Waals surface area contributed by atoms with Crippen LogP contribution >= 0.6 is 15.9 Å². The monoisotopic (exact) mass is 283 g/mol. The molecule has 0 radical (unpaired) electrons. The average Bonchev–Trinajstić information content (AvgIpc) is 2.65. The third kappa shape index (κ3) is 2.58. The molecule has 1 heterocycles. The molecule has 0 amide bonds. The Kier molecular flexibility index (Phi) is 3.87. The van der Waals surface area contributed by atoms with Crippen LogP contribution in [0.5, 0.6) is 5.75 Å². The highest BCUT2D eigenvalue weighted by Crippen LogP contribution is 2.27. The van der Waals surface area contributed by atoms with Crippen LogP contribution in [-0.2, 0) is 6.54 Å². The molecule has 0 N–H and O–H groups in total. The van der Waals surface area contributed by atoms with Crippen LogP contribution in [0.4, 0.5) is 0 Å². The summed E-state index contributed by atoms with van der Waals surface area (Å²) in [5, 5.41) is 0. The van der Waals surface area contributed by atoms with Crippen LogP contribution in [0.25, 0.3) is 0 Å². The molecular formula is C13H18BrNO. The van der Waals surface area contributed by atoms with Gasteiger partial charge in [-0.15, -0.1) is 0 Å². The topological polar surface area (TPSA) is 12.5 Å². The SMILES string of the molecule is COc1ccc(Br)cc1CN1CCC[C@@H]1C. The van der Waals surface area contributed by atoms with Crippen molar-refractivity contribution in [2.75, 3.05) is 13.7 Å². The molecule has 0 aromatic heterocycles. The fourth-order valence-corrected chi connectivity index (χ4v) is 2.73. The molecule has 2 rings (SSSR count). The van der Waals surface area contributed by atoms with Gasteiger partial charge in [-0.2, -0.15) is 0 Å². The van der Waals surface area contributed by atoms with Crippen LogP contribution in [0.15, 0.2) is 22.7 Å². The second kappa shape index (κ2) is 5.19. The smallest absolute Gasteiger partial charge is 0.123 e. The molecule has 0 spiro atoms. The number of rotatable bonds is 3. The zero-order chi connectivity index (χ0) is 11.5. The van der Waals surface area contributed by atoms with Crippen molar-refractivity contribution >= 4 is 15.9 Å². The van der Waals surface area contributed by atoms with Gasteiger partial charge in [-0.25, -0.2) is 0 Å². The molecule has 1 atom stereocenters. The van der Waals surface area contributed by atoms with Crippen molar-refractivity contribution in [2.45, 2.75) is 32.4 Å². The molecule has 1 saturated heterocycles. The van der Waals surface area contributed by atoms with Gasteiger partial charge >= 0.3 is 0 Å².